The van der Waals surface area contributed by atoms with Crippen LogP contribution in [0.2, 0.25) is 0 Å². The zero-order valence-electron chi connectivity index (χ0n) is 16.2. The SMILES string of the molecule is OCC1CCCN(c2nccnc2O[C@H]2C[C@H](Nc3nc4ccccc4s3)C2)C1. The van der Waals surface area contributed by atoms with Crippen molar-refractivity contribution in [3.8, 4) is 5.88 Å². The summed E-state index contributed by atoms with van der Waals surface area (Å²) in [5.41, 5.74) is 1.04. The molecule has 8 heteroatoms. The third kappa shape index (κ3) is 4.00. The minimum absolute atomic E-state index is 0.135. The lowest BCUT2D eigenvalue weighted by Crippen LogP contribution is -2.43. The molecule has 2 aliphatic rings. The van der Waals surface area contributed by atoms with Crippen molar-refractivity contribution in [2.75, 3.05) is 29.9 Å². The lowest BCUT2D eigenvalue weighted by Gasteiger charge is -2.37. The predicted molar refractivity (Wildman–Crippen MR) is 115 cm³/mol. The van der Waals surface area contributed by atoms with Gasteiger partial charge in [-0.3, -0.25) is 0 Å². The van der Waals surface area contributed by atoms with Crippen LogP contribution in [-0.4, -0.2) is 51.9 Å². The van der Waals surface area contributed by atoms with Gasteiger partial charge in [0.1, 0.15) is 6.10 Å². The zero-order chi connectivity index (χ0) is 19.6. The maximum absolute atomic E-state index is 9.51. The average molecular weight is 412 g/mol. The van der Waals surface area contributed by atoms with Crippen molar-refractivity contribution in [3.05, 3.63) is 36.7 Å². The number of nitrogens with one attached hydrogen (secondary N) is 1. The van der Waals surface area contributed by atoms with E-state index in [2.05, 4.69) is 31.2 Å². The maximum Gasteiger partial charge on any atom is 0.257 e. The second-order valence-electron chi connectivity index (χ2n) is 7.86. The summed E-state index contributed by atoms with van der Waals surface area (Å²) < 4.78 is 7.40. The number of benzene rings is 1. The average Bonchev–Trinajstić information content (AvgIpc) is 3.15. The van der Waals surface area contributed by atoms with E-state index in [4.69, 9.17) is 4.74 Å². The van der Waals surface area contributed by atoms with Crippen LogP contribution >= 0.6 is 11.3 Å². The van der Waals surface area contributed by atoms with E-state index in [1.165, 1.54) is 4.70 Å². The van der Waals surface area contributed by atoms with Crippen LogP contribution in [0.4, 0.5) is 10.9 Å². The van der Waals surface area contributed by atoms with Crippen LogP contribution in [0.1, 0.15) is 25.7 Å². The summed E-state index contributed by atoms with van der Waals surface area (Å²) in [7, 11) is 0. The molecule has 0 radical (unpaired) electrons. The molecule has 152 valence electrons. The standard InChI is InChI=1S/C21H25N5O2S/c27-13-14-4-3-9-26(12-14)19-20(23-8-7-22-19)28-16-10-15(11-16)24-21-25-17-5-1-2-6-18(17)29-21/h1-2,5-8,14-16,27H,3-4,9-13H2,(H,24,25)/t14?,15-,16-. The molecule has 1 saturated heterocycles. The summed E-state index contributed by atoms with van der Waals surface area (Å²) in [6.07, 6.45) is 7.49. The van der Waals surface area contributed by atoms with Crippen LogP contribution in [0.5, 0.6) is 5.88 Å². The molecule has 0 amide bonds. The number of para-hydroxylation sites is 1. The summed E-state index contributed by atoms with van der Waals surface area (Å²) in [5.74, 6) is 1.70. The smallest absolute Gasteiger partial charge is 0.257 e. The Morgan fingerprint density at radius 3 is 2.93 bits per heavy atom. The molecular weight excluding hydrogens is 386 g/mol. The molecule has 1 aliphatic heterocycles. The molecule has 2 aromatic heterocycles. The lowest BCUT2D eigenvalue weighted by atomic mass is 9.89. The van der Waals surface area contributed by atoms with Crippen molar-refractivity contribution in [3.63, 3.8) is 0 Å². The number of fused-ring (bicyclic) bond motifs is 1. The summed E-state index contributed by atoms with van der Waals surface area (Å²) >= 11 is 1.69. The topological polar surface area (TPSA) is 83.4 Å². The van der Waals surface area contributed by atoms with E-state index in [0.29, 0.717) is 17.8 Å². The van der Waals surface area contributed by atoms with Gasteiger partial charge in [0.2, 0.25) is 0 Å². The second-order valence-corrected chi connectivity index (χ2v) is 8.89. The van der Waals surface area contributed by atoms with E-state index in [9.17, 15) is 5.11 Å². The van der Waals surface area contributed by atoms with E-state index >= 15 is 0 Å². The normalized spacial score (nSPS) is 24.3. The molecule has 3 aromatic rings. The molecule has 0 bridgehead atoms. The Bertz CT molecular complexity index is 941. The molecular formula is C21H25N5O2S. The van der Waals surface area contributed by atoms with Crippen LogP contribution in [-0.2, 0) is 0 Å². The lowest BCUT2D eigenvalue weighted by molar-refractivity contribution is 0.102. The molecule has 7 nitrogen and oxygen atoms in total. The number of anilines is 2. The molecule has 5 rings (SSSR count). The molecule has 0 spiro atoms. The van der Waals surface area contributed by atoms with Gasteiger partial charge in [-0.15, -0.1) is 0 Å². The highest BCUT2D eigenvalue weighted by molar-refractivity contribution is 7.22. The molecule has 1 saturated carbocycles. The molecule has 1 unspecified atom stereocenters. The summed E-state index contributed by atoms with van der Waals surface area (Å²) in [4.78, 5) is 15.8. The Hall–Kier alpha value is -2.45. The van der Waals surface area contributed by atoms with Crippen molar-refractivity contribution < 1.29 is 9.84 Å². The number of hydrogen-bond acceptors (Lipinski definition) is 8. The van der Waals surface area contributed by atoms with Gasteiger partial charge in [-0.05, 0) is 30.9 Å². The number of nitrogens with zero attached hydrogens (tertiary/aromatic N) is 4. The van der Waals surface area contributed by atoms with E-state index in [-0.39, 0.29) is 12.7 Å². The van der Waals surface area contributed by atoms with Crippen LogP contribution < -0.4 is 15.0 Å². The second kappa shape index (κ2) is 8.12. The zero-order valence-corrected chi connectivity index (χ0v) is 17.0. The highest BCUT2D eigenvalue weighted by Gasteiger charge is 2.33. The fraction of sp³-hybridized carbons (Fsp3) is 0.476. The summed E-state index contributed by atoms with van der Waals surface area (Å²) in [5, 5.41) is 14.0. The van der Waals surface area contributed by atoms with E-state index < -0.39 is 0 Å². The van der Waals surface area contributed by atoms with Crippen LogP contribution in [0.15, 0.2) is 36.7 Å². The number of hydrogen-bond donors (Lipinski definition) is 2. The number of aromatic nitrogens is 3. The monoisotopic (exact) mass is 411 g/mol. The van der Waals surface area contributed by atoms with Gasteiger partial charge in [-0.1, -0.05) is 23.5 Å². The van der Waals surface area contributed by atoms with Crippen molar-refractivity contribution in [1.82, 2.24) is 15.0 Å². The highest BCUT2D eigenvalue weighted by Crippen LogP contribution is 2.34. The third-order valence-corrected chi connectivity index (χ3v) is 6.69. The fourth-order valence-corrected chi connectivity index (χ4v) is 5.01. The minimum atomic E-state index is 0.135. The third-order valence-electron chi connectivity index (χ3n) is 5.72. The van der Waals surface area contributed by atoms with Crippen LogP contribution in [0.25, 0.3) is 10.2 Å². The first-order valence-electron chi connectivity index (χ1n) is 10.2. The van der Waals surface area contributed by atoms with Crippen molar-refractivity contribution in [1.29, 1.82) is 0 Å². The largest absolute Gasteiger partial charge is 0.472 e. The number of aliphatic hydroxyl groups excluding tert-OH is 1. The van der Waals surface area contributed by atoms with Gasteiger partial charge in [0.15, 0.2) is 10.9 Å². The first-order valence-corrected chi connectivity index (χ1v) is 11.1. The quantitative estimate of drug-likeness (QED) is 0.644. The Kier molecular flexibility index (Phi) is 5.20. The van der Waals surface area contributed by atoms with E-state index in [0.717, 1.165) is 55.2 Å². The number of piperidine rings is 1. The van der Waals surface area contributed by atoms with Crippen LogP contribution in [0, 0.1) is 5.92 Å². The molecule has 1 aromatic carbocycles. The van der Waals surface area contributed by atoms with Gasteiger partial charge in [-0.2, -0.15) is 0 Å². The number of ether oxygens (including phenoxy) is 1. The van der Waals surface area contributed by atoms with Gasteiger partial charge < -0.3 is 20.1 Å². The molecule has 2 N–H and O–H groups in total. The Morgan fingerprint density at radius 2 is 2.07 bits per heavy atom. The molecule has 29 heavy (non-hydrogen) atoms. The molecule has 2 fully saturated rings. The first-order chi connectivity index (χ1) is 14.3. The number of thiazole rings is 1. The Morgan fingerprint density at radius 1 is 1.21 bits per heavy atom. The summed E-state index contributed by atoms with van der Waals surface area (Å²) in [6.45, 7) is 1.95. The van der Waals surface area contributed by atoms with E-state index in [1.54, 1.807) is 23.7 Å². The maximum atomic E-state index is 9.51. The Balaban J connectivity index is 1.19. The molecule has 1 atom stereocenters. The fourth-order valence-electron chi connectivity index (χ4n) is 4.07. The van der Waals surface area contributed by atoms with Crippen molar-refractivity contribution in [2.24, 2.45) is 5.92 Å². The van der Waals surface area contributed by atoms with Gasteiger partial charge in [-0.25, -0.2) is 15.0 Å². The van der Waals surface area contributed by atoms with Crippen LogP contribution in [0.3, 0.4) is 0 Å². The summed E-state index contributed by atoms with van der Waals surface area (Å²) in [6, 6.07) is 8.57. The van der Waals surface area contributed by atoms with Gasteiger partial charge >= 0.3 is 0 Å². The highest BCUT2D eigenvalue weighted by atomic mass is 32.1. The first kappa shape index (κ1) is 18.6. The van der Waals surface area contributed by atoms with Gasteiger partial charge in [0, 0.05) is 51.0 Å². The van der Waals surface area contributed by atoms with Crippen molar-refractivity contribution >= 4 is 32.5 Å². The predicted octanol–water partition coefficient (Wildman–Crippen LogP) is 3.32. The molecule has 3 heterocycles. The number of rotatable bonds is 6. The number of aliphatic hydroxyl groups is 1. The van der Waals surface area contributed by atoms with Crippen molar-refractivity contribution in [2.45, 2.75) is 37.8 Å². The van der Waals surface area contributed by atoms with Gasteiger partial charge in [0.05, 0.1) is 10.2 Å². The van der Waals surface area contributed by atoms with Gasteiger partial charge in [0.25, 0.3) is 5.88 Å². The Labute approximate surface area is 173 Å². The minimum Gasteiger partial charge on any atom is -0.472 e. The molecule has 1 aliphatic carbocycles. The van der Waals surface area contributed by atoms with E-state index in [1.807, 2.05) is 18.2 Å².